The third kappa shape index (κ3) is 3.15. The maximum atomic E-state index is 12.4. The Morgan fingerprint density at radius 2 is 1.75 bits per heavy atom. The number of hydrogen-bond donors (Lipinski definition) is 1. The maximum absolute atomic E-state index is 12.4. The molecule has 1 amide bonds. The van der Waals surface area contributed by atoms with E-state index in [9.17, 15) is 4.79 Å². The minimum absolute atomic E-state index is 0.138. The van der Waals surface area contributed by atoms with Gasteiger partial charge in [-0.25, -0.2) is 0 Å². The normalized spacial score (nSPS) is 11.0. The van der Waals surface area contributed by atoms with E-state index in [1.807, 2.05) is 52.0 Å². The topological polar surface area (TPSA) is 55.1 Å². The third-order valence-electron chi connectivity index (χ3n) is 4.00. The first-order valence-electron chi connectivity index (χ1n) is 7.77. The number of nitrogens with one attached hydrogen (secondary N) is 1. The molecule has 0 saturated heterocycles. The van der Waals surface area contributed by atoms with Crippen LogP contribution in [0, 0.1) is 27.7 Å². The number of rotatable bonds is 3. The Morgan fingerprint density at radius 3 is 2.46 bits per heavy atom. The van der Waals surface area contributed by atoms with Crippen LogP contribution >= 0.6 is 11.6 Å². The number of benzene rings is 2. The molecule has 5 heteroatoms. The van der Waals surface area contributed by atoms with Crippen molar-refractivity contribution in [3.63, 3.8) is 0 Å². The molecule has 0 spiro atoms. The van der Waals surface area contributed by atoms with E-state index in [0.29, 0.717) is 16.4 Å². The van der Waals surface area contributed by atoms with Gasteiger partial charge in [0.2, 0.25) is 5.91 Å². The summed E-state index contributed by atoms with van der Waals surface area (Å²) >= 11 is 6.25. The molecule has 0 saturated carbocycles. The first-order valence-corrected chi connectivity index (χ1v) is 8.15. The molecule has 3 aromatic rings. The molecule has 0 unspecified atom stereocenters. The Balaban J connectivity index is 1.86. The van der Waals surface area contributed by atoms with Gasteiger partial charge in [-0.15, -0.1) is 0 Å². The molecule has 3 rings (SSSR count). The first-order chi connectivity index (χ1) is 11.3. The van der Waals surface area contributed by atoms with Gasteiger partial charge in [0.1, 0.15) is 5.69 Å². The highest BCUT2D eigenvalue weighted by molar-refractivity contribution is 6.34. The molecule has 0 fully saturated rings. The number of fused-ring (bicyclic) bond motifs is 1. The molecule has 124 valence electrons. The van der Waals surface area contributed by atoms with E-state index < -0.39 is 0 Å². The molecular weight excluding hydrogens is 324 g/mol. The van der Waals surface area contributed by atoms with Crippen LogP contribution in [0.5, 0.6) is 0 Å². The number of aromatic nitrogens is 1. The molecule has 0 aliphatic rings. The zero-order valence-corrected chi connectivity index (χ0v) is 14.9. The van der Waals surface area contributed by atoms with Crippen LogP contribution in [0.3, 0.4) is 0 Å². The second-order valence-electron chi connectivity index (χ2n) is 6.25. The summed E-state index contributed by atoms with van der Waals surface area (Å²) in [5.41, 5.74) is 6.13. The smallest absolute Gasteiger partial charge is 0.230 e. The summed E-state index contributed by atoms with van der Waals surface area (Å²) in [5, 5.41) is 8.38. The molecule has 0 atom stereocenters. The largest absolute Gasteiger partial charge is 0.356 e. The van der Waals surface area contributed by atoms with Gasteiger partial charge >= 0.3 is 0 Å². The summed E-state index contributed by atoms with van der Waals surface area (Å²) < 4.78 is 5.39. The third-order valence-corrected chi connectivity index (χ3v) is 4.30. The van der Waals surface area contributed by atoms with Crippen LogP contribution in [0.25, 0.3) is 11.0 Å². The number of nitrogens with zero attached hydrogens (tertiary/aromatic N) is 1. The van der Waals surface area contributed by atoms with Crippen molar-refractivity contribution in [1.29, 1.82) is 0 Å². The van der Waals surface area contributed by atoms with Crippen molar-refractivity contribution in [2.45, 2.75) is 34.1 Å². The van der Waals surface area contributed by atoms with Gasteiger partial charge in [-0.3, -0.25) is 4.79 Å². The molecule has 4 nitrogen and oxygen atoms in total. The van der Waals surface area contributed by atoms with Crippen molar-refractivity contribution in [3.05, 3.63) is 57.2 Å². The summed E-state index contributed by atoms with van der Waals surface area (Å²) in [6, 6.07) is 7.85. The van der Waals surface area contributed by atoms with Gasteiger partial charge in [0, 0.05) is 5.39 Å². The highest BCUT2D eigenvalue weighted by atomic mass is 35.5. The maximum Gasteiger partial charge on any atom is 0.230 e. The summed E-state index contributed by atoms with van der Waals surface area (Å²) in [7, 11) is 0. The van der Waals surface area contributed by atoms with Crippen LogP contribution in [0.2, 0.25) is 5.02 Å². The van der Waals surface area contributed by atoms with E-state index in [2.05, 4.69) is 10.5 Å². The van der Waals surface area contributed by atoms with E-state index >= 15 is 0 Å². The Labute approximate surface area is 145 Å². The highest BCUT2D eigenvalue weighted by Crippen LogP contribution is 2.28. The molecule has 2 aromatic carbocycles. The average Bonchev–Trinajstić information content (AvgIpc) is 2.86. The quantitative estimate of drug-likeness (QED) is 0.736. The molecular formula is C19H19ClN2O2. The molecule has 1 aromatic heterocycles. The van der Waals surface area contributed by atoms with Crippen molar-refractivity contribution in [1.82, 2.24) is 5.16 Å². The van der Waals surface area contributed by atoms with Crippen molar-refractivity contribution < 1.29 is 9.32 Å². The lowest BCUT2D eigenvalue weighted by Crippen LogP contribution is -2.16. The predicted octanol–water partition coefficient (Wildman–Crippen LogP) is 4.90. The van der Waals surface area contributed by atoms with Crippen LogP contribution in [0.4, 0.5) is 5.69 Å². The Morgan fingerprint density at radius 1 is 1.08 bits per heavy atom. The lowest BCUT2D eigenvalue weighted by molar-refractivity contribution is -0.115. The summed E-state index contributed by atoms with van der Waals surface area (Å²) in [4.78, 5) is 12.4. The highest BCUT2D eigenvalue weighted by Gasteiger charge is 2.16. The number of hydrogen-bond acceptors (Lipinski definition) is 3. The van der Waals surface area contributed by atoms with E-state index in [4.69, 9.17) is 16.1 Å². The SMILES string of the molecule is Cc1cc(C)c(NC(=O)Cc2noc3c(C)cc(C)cc23)c(Cl)c1. The number of carbonyl (C=O) groups is 1. The molecule has 0 radical (unpaired) electrons. The van der Waals surface area contributed by atoms with Crippen LogP contribution in [-0.4, -0.2) is 11.1 Å². The van der Waals surface area contributed by atoms with E-state index in [-0.39, 0.29) is 12.3 Å². The Bertz CT molecular complexity index is 921. The summed E-state index contributed by atoms with van der Waals surface area (Å²) in [6.45, 7) is 7.88. The zero-order chi connectivity index (χ0) is 17.4. The minimum atomic E-state index is -0.168. The fourth-order valence-corrected chi connectivity index (χ4v) is 3.35. The van der Waals surface area contributed by atoms with Crippen molar-refractivity contribution in [2.75, 3.05) is 5.32 Å². The summed E-state index contributed by atoms with van der Waals surface area (Å²) in [5.74, 6) is -0.168. The molecule has 1 heterocycles. The number of amides is 1. The van der Waals surface area contributed by atoms with Gasteiger partial charge < -0.3 is 9.84 Å². The van der Waals surface area contributed by atoms with Gasteiger partial charge in [-0.05, 0) is 62.1 Å². The molecule has 0 bridgehead atoms. The fourth-order valence-electron chi connectivity index (χ4n) is 2.98. The number of aryl methyl sites for hydroxylation is 4. The summed E-state index contributed by atoms with van der Waals surface area (Å²) in [6.07, 6.45) is 0.138. The van der Waals surface area contributed by atoms with Crippen LogP contribution in [-0.2, 0) is 11.2 Å². The monoisotopic (exact) mass is 342 g/mol. The Hall–Kier alpha value is -2.33. The van der Waals surface area contributed by atoms with Crippen LogP contribution in [0.1, 0.15) is 27.9 Å². The lowest BCUT2D eigenvalue weighted by Gasteiger charge is -2.11. The zero-order valence-electron chi connectivity index (χ0n) is 14.2. The van der Waals surface area contributed by atoms with Gasteiger partial charge in [-0.2, -0.15) is 0 Å². The molecule has 0 aliphatic carbocycles. The predicted molar refractivity (Wildman–Crippen MR) is 96.7 cm³/mol. The van der Waals surface area contributed by atoms with Gasteiger partial charge in [0.05, 0.1) is 17.1 Å². The fraction of sp³-hybridized carbons (Fsp3) is 0.263. The molecule has 0 aliphatic heterocycles. The van der Waals surface area contributed by atoms with Crippen molar-refractivity contribution in [3.8, 4) is 0 Å². The van der Waals surface area contributed by atoms with E-state index in [1.54, 1.807) is 0 Å². The number of halogens is 1. The Kier molecular flexibility index (Phi) is 4.33. The van der Waals surface area contributed by atoms with Crippen LogP contribution in [0.15, 0.2) is 28.8 Å². The minimum Gasteiger partial charge on any atom is -0.356 e. The second-order valence-corrected chi connectivity index (χ2v) is 6.66. The number of anilines is 1. The van der Waals surface area contributed by atoms with Gasteiger partial charge in [0.15, 0.2) is 5.58 Å². The van der Waals surface area contributed by atoms with Crippen molar-refractivity contribution in [2.24, 2.45) is 0 Å². The second kappa shape index (κ2) is 6.29. The lowest BCUT2D eigenvalue weighted by atomic mass is 10.1. The van der Waals surface area contributed by atoms with Crippen molar-refractivity contribution >= 4 is 34.2 Å². The van der Waals surface area contributed by atoms with E-state index in [1.165, 1.54) is 0 Å². The molecule has 1 N–H and O–H groups in total. The van der Waals surface area contributed by atoms with Gasteiger partial charge in [-0.1, -0.05) is 28.9 Å². The number of carbonyl (C=O) groups excluding carboxylic acids is 1. The standard InChI is InChI=1S/C19H19ClN2O2/c1-10-6-13(4)19-14(7-10)16(22-24-19)9-17(23)21-18-12(3)5-11(2)8-15(18)20/h5-8H,9H2,1-4H3,(H,21,23). The van der Waals surface area contributed by atoms with Gasteiger partial charge in [0.25, 0.3) is 0 Å². The average molecular weight is 343 g/mol. The molecule has 24 heavy (non-hydrogen) atoms. The first kappa shape index (κ1) is 16.5. The van der Waals surface area contributed by atoms with Crippen LogP contribution < -0.4 is 5.32 Å². The van der Waals surface area contributed by atoms with E-state index in [0.717, 1.165) is 33.2 Å².